The van der Waals surface area contributed by atoms with Crippen LogP contribution in [0.1, 0.15) is 34.2 Å². The Morgan fingerprint density at radius 2 is 1.68 bits per heavy atom. The molecule has 1 aromatic heterocycles. The van der Waals surface area contributed by atoms with Gasteiger partial charge >= 0.3 is 0 Å². The highest BCUT2D eigenvalue weighted by molar-refractivity contribution is 5.94. The molecule has 0 aliphatic heterocycles. The van der Waals surface area contributed by atoms with Gasteiger partial charge in [-0.25, -0.2) is 10.8 Å². The SMILES string of the molecule is CC(N)=[NH2+].Cc1nc(-c2cccc(C#N)c2)n[nH]1.N#Cc1cccc(C(=O)NN)c1.[Cl-]. The van der Waals surface area contributed by atoms with E-state index in [4.69, 9.17) is 27.5 Å². The van der Waals surface area contributed by atoms with Gasteiger partial charge in [-0.15, -0.1) is 0 Å². The lowest BCUT2D eigenvalue weighted by atomic mass is 10.1. The zero-order valence-corrected chi connectivity index (χ0v) is 17.7. The number of carbonyl (C=O) groups is 1. The van der Waals surface area contributed by atoms with Crippen LogP contribution in [0.25, 0.3) is 11.4 Å². The molecule has 2 aromatic carbocycles. The van der Waals surface area contributed by atoms with Crippen molar-refractivity contribution < 1.29 is 22.6 Å². The molecule has 8 N–H and O–H groups in total. The summed E-state index contributed by atoms with van der Waals surface area (Å²) >= 11 is 0. The van der Waals surface area contributed by atoms with Crippen LogP contribution in [0.2, 0.25) is 0 Å². The van der Waals surface area contributed by atoms with Crippen LogP contribution < -0.4 is 34.8 Å². The number of aromatic amines is 1. The van der Waals surface area contributed by atoms with E-state index in [0.29, 0.717) is 28.4 Å². The number of nitriles is 2. The highest BCUT2D eigenvalue weighted by Gasteiger charge is 2.04. The van der Waals surface area contributed by atoms with Crippen molar-refractivity contribution in [3.63, 3.8) is 0 Å². The monoisotopic (exact) mass is 439 g/mol. The Bertz CT molecular complexity index is 1090. The summed E-state index contributed by atoms with van der Waals surface area (Å²) in [5.74, 6) is 6.32. The molecule has 0 aliphatic rings. The summed E-state index contributed by atoms with van der Waals surface area (Å²) in [6, 6.07) is 17.5. The van der Waals surface area contributed by atoms with E-state index >= 15 is 0 Å². The predicted octanol–water partition coefficient (Wildman–Crippen LogP) is -3.06. The number of H-pyrrole nitrogens is 1. The highest BCUT2D eigenvalue weighted by Crippen LogP contribution is 2.15. The number of aryl methyl sites for hydroxylation is 1. The van der Waals surface area contributed by atoms with Gasteiger partial charge in [0.05, 0.1) is 23.3 Å². The molecule has 31 heavy (non-hydrogen) atoms. The van der Waals surface area contributed by atoms with Gasteiger partial charge in [-0.1, -0.05) is 18.2 Å². The number of hydrogen-bond acceptors (Lipinski definition) is 6. The van der Waals surface area contributed by atoms with E-state index in [2.05, 4.69) is 21.3 Å². The number of aromatic nitrogens is 3. The fourth-order valence-electron chi connectivity index (χ4n) is 2.01. The van der Waals surface area contributed by atoms with Crippen molar-refractivity contribution in [2.24, 2.45) is 11.6 Å². The quantitative estimate of drug-likeness (QED) is 0.0917. The van der Waals surface area contributed by atoms with E-state index in [9.17, 15) is 4.79 Å². The maximum Gasteiger partial charge on any atom is 0.265 e. The summed E-state index contributed by atoms with van der Waals surface area (Å²) in [6.07, 6.45) is 0. The van der Waals surface area contributed by atoms with Gasteiger partial charge in [-0.05, 0) is 37.3 Å². The fraction of sp³-hybridized carbons (Fsp3) is 0.100. The number of nitrogens with two attached hydrogens (primary N) is 3. The second kappa shape index (κ2) is 13.8. The zero-order valence-electron chi connectivity index (χ0n) is 16.9. The van der Waals surface area contributed by atoms with Crippen LogP contribution >= 0.6 is 0 Å². The standard InChI is InChI=1S/C10H8N4.C8H7N3O.C2H6N2.ClH/c1-7-12-10(14-13-7)9-4-2-3-8(5-9)6-11;9-5-6-2-1-3-7(4-6)8(12)11-10;1-2(3)4;/h2-5H,1H3,(H,12,13,14);1-4H,10H2,(H,11,12);1H3,(H3,3,4);1H. The maximum absolute atomic E-state index is 10.9. The second-order valence-electron chi connectivity index (χ2n) is 5.85. The van der Waals surface area contributed by atoms with E-state index in [1.54, 1.807) is 37.3 Å². The number of amides is 1. The fourth-order valence-corrected chi connectivity index (χ4v) is 2.01. The molecule has 3 rings (SSSR count). The van der Waals surface area contributed by atoms with Crippen molar-refractivity contribution in [3.05, 3.63) is 71.0 Å². The Kier molecular flexibility index (Phi) is 11.9. The van der Waals surface area contributed by atoms with Gasteiger partial charge in [0.1, 0.15) is 5.82 Å². The summed E-state index contributed by atoms with van der Waals surface area (Å²) < 4.78 is 0. The first-order valence-electron chi connectivity index (χ1n) is 8.55. The van der Waals surface area contributed by atoms with Crippen molar-refractivity contribution >= 4 is 11.7 Å². The molecule has 0 atom stereocenters. The van der Waals surface area contributed by atoms with E-state index < -0.39 is 5.91 Å². The smallest absolute Gasteiger partial charge is 0.265 e. The molecule has 0 aliphatic carbocycles. The predicted molar refractivity (Wildman–Crippen MR) is 111 cm³/mol. The van der Waals surface area contributed by atoms with Crippen LogP contribution in [0.3, 0.4) is 0 Å². The molecular formula is C20H22ClN9O. The molecule has 1 heterocycles. The summed E-state index contributed by atoms with van der Waals surface area (Å²) in [7, 11) is 0. The third-order valence-electron chi connectivity index (χ3n) is 3.23. The first kappa shape index (κ1) is 26.8. The molecule has 1 amide bonds. The molecular weight excluding hydrogens is 418 g/mol. The van der Waals surface area contributed by atoms with Crippen molar-refractivity contribution in [1.82, 2.24) is 20.6 Å². The molecule has 0 saturated heterocycles. The van der Waals surface area contributed by atoms with Gasteiger partial charge in [0.2, 0.25) is 5.84 Å². The average molecular weight is 440 g/mol. The Balaban J connectivity index is 0.000000488. The lowest BCUT2D eigenvalue weighted by Gasteiger charge is -1.97. The van der Waals surface area contributed by atoms with Gasteiger partial charge < -0.3 is 12.4 Å². The number of nitrogens with one attached hydrogen (secondary N) is 2. The van der Waals surface area contributed by atoms with E-state index in [1.807, 2.05) is 30.6 Å². The number of hydrazine groups is 1. The van der Waals surface area contributed by atoms with E-state index in [-0.39, 0.29) is 12.4 Å². The number of amidine groups is 1. The molecule has 0 unspecified atom stereocenters. The number of nitrogens with zero attached hydrogens (tertiary/aromatic N) is 4. The molecule has 160 valence electrons. The minimum Gasteiger partial charge on any atom is -1.00 e. The van der Waals surface area contributed by atoms with Gasteiger partial charge in [0.25, 0.3) is 5.91 Å². The number of carbonyl (C=O) groups excluding carboxylic acids is 1. The topological polar surface area (TPSA) is 196 Å². The first-order chi connectivity index (χ1) is 14.3. The van der Waals surface area contributed by atoms with Gasteiger partial charge in [-0.3, -0.25) is 26.5 Å². The maximum atomic E-state index is 10.9. The molecule has 0 saturated carbocycles. The number of halogens is 1. The molecule has 3 aromatic rings. The Morgan fingerprint density at radius 3 is 2.16 bits per heavy atom. The average Bonchev–Trinajstić information content (AvgIpc) is 3.19. The number of hydrogen-bond donors (Lipinski definition) is 5. The Labute approximate surface area is 185 Å². The third-order valence-corrected chi connectivity index (χ3v) is 3.23. The van der Waals surface area contributed by atoms with E-state index in [1.165, 1.54) is 6.07 Å². The van der Waals surface area contributed by atoms with Crippen molar-refractivity contribution in [3.8, 4) is 23.5 Å². The van der Waals surface area contributed by atoms with Crippen LogP contribution in [-0.4, -0.2) is 26.9 Å². The van der Waals surface area contributed by atoms with Gasteiger partial charge in [-0.2, -0.15) is 15.6 Å². The summed E-state index contributed by atoms with van der Waals surface area (Å²) in [6.45, 7) is 3.48. The lowest BCUT2D eigenvalue weighted by molar-refractivity contribution is -0.115. The molecule has 11 heteroatoms. The number of benzene rings is 2. The van der Waals surface area contributed by atoms with Crippen LogP contribution in [0, 0.1) is 29.6 Å². The summed E-state index contributed by atoms with van der Waals surface area (Å²) in [5.41, 5.74) is 9.09. The highest BCUT2D eigenvalue weighted by atomic mass is 35.5. The van der Waals surface area contributed by atoms with Gasteiger partial charge in [0, 0.05) is 18.1 Å². The molecule has 0 bridgehead atoms. The van der Waals surface area contributed by atoms with E-state index in [0.717, 1.165) is 11.4 Å². The van der Waals surface area contributed by atoms with Crippen molar-refractivity contribution in [2.75, 3.05) is 0 Å². The normalized spacial score (nSPS) is 8.55. The van der Waals surface area contributed by atoms with Crippen molar-refractivity contribution in [1.29, 1.82) is 10.5 Å². The van der Waals surface area contributed by atoms with Crippen molar-refractivity contribution in [2.45, 2.75) is 13.8 Å². The number of nitrogen functional groups attached to an aromatic ring is 1. The number of rotatable bonds is 2. The molecule has 10 nitrogen and oxygen atoms in total. The van der Waals surface area contributed by atoms with Crippen LogP contribution in [-0.2, 0) is 0 Å². The van der Waals surface area contributed by atoms with Gasteiger partial charge in [0.15, 0.2) is 5.82 Å². The molecule has 0 spiro atoms. The Hall–Kier alpha value is -4.25. The molecule has 0 radical (unpaired) electrons. The minimum atomic E-state index is -0.396. The minimum absolute atomic E-state index is 0. The largest absolute Gasteiger partial charge is 1.00 e. The van der Waals surface area contributed by atoms with Crippen LogP contribution in [0.4, 0.5) is 0 Å². The second-order valence-corrected chi connectivity index (χ2v) is 5.85. The summed E-state index contributed by atoms with van der Waals surface area (Å²) in [5, 5.41) is 28.8. The van der Waals surface area contributed by atoms with Crippen LogP contribution in [0.5, 0.6) is 0 Å². The van der Waals surface area contributed by atoms with Crippen LogP contribution in [0.15, 0.2) is 48.5 Å². The zero-order chi connectivity index (χ0) is 22.5. The first-order valence-corrected chi connectivity index (χ1v) is 8.55. The Morgan fingerprint density at radius 1 is 1.13 bits per heavy atom. The molecule has 0 fully saturated rings. The third kappa shape index (κ3) is 9.67. The lowest BCUT2D eigenvalue weighted by Crippen LogP contribution is -3.00. The summed E-state index contributed by atoms with van der Waals surface area (Å²) in [4.78, 5) is 15.1.